The van der Waals surface area contributed by atoms with Crippen molar-refractivity contribution in [3.05, 3.63) is 23.4 Å². The predicted octanol–water partition coefficient (Wildman–Crippen LogP) is 3.75. The van der Waals surface area contributed by atoms with Crippen molar-refractivity contribution in [2.45, 2.75) is 97.3 Å². The van der Waals surface area contributed by atoms with Crippen molar-refractivity contribution in [2.24, 2.45) is 4.99 Å². The molecule has 8 nitrogen and oxygen atoms in total. The van der Waals surface area contributed by atoms with Crippen LogP contribution in [0.25, 0.3) is 0 Å². The first-order valence-corrected chi connectivity index (χ1v) is 12.6. The molecule has 0 aliphatic carbocycles. The average Bonchev–Trinajstić information content (AvgIpc) is 3.20. The number of carbonyl (C=O) groups excluding carboxylic acids is 2. The summed E-state index contributed by atoms with van der Waals surface area (Å²) in [6.07, 6.45) is -3.16. The van der Waals surface area contributed by atoms with Crippen LogP contribution in [0.5, 0.6) is 0 Å². The topological polar surface area (TPSA) is 107 Å². The third-order valence-corrected chi connectivity index (χ3v) is 6.47. The highest BCUT2D eigenvalue weighted by molar-refractivity contribution is 7.81. The zero-order chi connectivity index (χ0) is 28.3. The van der Waals surface area contributed by atoms with Crippen molar-refractivity contribution in [2.75, 3.05) is 11.9 Å². The third-order valence-electron chi connectivity index (χ3n) is 6.03. The van der Waals surface area contributed by atoms with E-state index in [0.29, 0.717) is 6.54 Å². The number of aliphatic imine (C=N–C) groups is 1. The summed E-state index contributed by atoms with van der Waals surface area (Å²) in [6, 6.07) is -1.43. The van der Waals surface area contributed by atoms with E-state index in [0.717, 1.165) is 25.1 Å². The van der Waals surface area contributed by atoms with Crippen molar-refractivity contribution in [1.29, 1.82) is 0 Å². The van der Waals surface area contributed by atoms with Gasteiger partial charge in [0, 0.05) is 29.9 Å². The zero-order valence-corrected chi connectivity index (χ0v) is 23.0. The lowest BCUT2D eigenvalue weighted by Gasteiger charge is -2.27. The van der Waals surface area contributed by atoms with E-state index < -0.39 is 52.8 Å². The molecule has 1 fully saturated rings. The molecule has 2 rings (SSSR count). The van der Waals surface area contributed by atoms with Gasteiger partial charge in [0.2, 0.25) is 0 Å². The molecule has 37 heavy (non-hydrogen) atoms. The van der Waals surface area contributed by atoms with Gasteiger partial charge < -0.3 is 20.6 Å². The molecule has 0 radical (unpaired) electrons. The molecule has 4 atom stereocenters. The van der Waals surface area contributed by atoms with Gasteiger partial charge in [-0.1, -0.05) is 12.2 Å². The van der Waals surface area contributed by atoms with Gasteiger partial charge in [-0.2, -0.15) is 13.2 Å². The molecule has 1 aliphatic rings. The van der Waals surface area contributed by atoms with Gasteiger partial charge in [0.05, 0.1) is 28.3 Å². The number of nitrogens with one attached hydrogen (secondary N) is 2. The second-order valence-corrected chi connectivity index (χ2v) is 10.9. The van der Waals surface area contributed by atoms with Crippen LogP contribution in [0.2, 0.25) is 0 Å². The molecule has 206 valence electrons. The Morgan fingerprint density at radius 3 is 2.38 bits per heavy atom. The van der Waals surface area contributed by atoms with Gasteiger partial charge in [-0.05, 0) is 67.4 Å². The van der Waals surface area contributed by atoms with Crippen LogP contribution < -0.4 is 10.6 Å². The third kappa shape index (κ3) is 8.19. The molecule has 0 aromatic carbocycles. The highest BCUT2D eigenvalue weighted by Gasteiger charge is 2.40. The van der Waals surface area contributed by atoms with Crippen molar-refractivity contribution in [3.63, 3.8) is 0 Å². The summed E-state index contributed by atoms with van der Waals surface area (Å²) in [5, 5.41) is 15.1. The fourth-order valence-corrected chi connectivity index (χ4v) is 4.13. The molecular formula is C25H36F3N5O3S. The fraction of sp³-hybridized carbons (Fsp3) is 0.640. The number of likely N-dealkylation sites (tertiary alicyclic amines) is 1. The van der Waals surface area contributed by atoms with E-state index in [2.05, 4.69) is 20.6 Å². The highest BCUT2D eigenvalue weighted by Crippen LogP contribution is 2.35. The predicted molar refractivity (Wildman–Crippen MR) is 141 cm³/mol. The molecule has 2 heterocycles. The molecule has 12 heteroatoms. The van der Waals surface area contributed by atoms with E-state index in [1.54, 1.807) is 27.7 Å². The minimum absolute atomic E-state index is 0.00795. The van der Waals surface area contributed by atoms with Gasteiger partial charge in [0.25, 0.3) is 11.8 Å². The number of hydrogen-bond acceptors (Lipinski definition) is 7. The Hall–Kier alpha value is -2.60. The molecule has 2 amide bonds. The van der Waals surface area contributed by atoms with Gasteiger partial charge in [-0.3, -0.25) is 14.6 Å². The average molecular weight is 544 g/mol. The smallest absolute Gasteiger partial charge is 0.391 e. The van der Waals surface area contributed by atoms with Gasteiger partial charge >= 0.3 is 6.18 Å². The largest absolute Gasteiger partial charge is 0.417 e. The molecule has 1 aromatic heterocycles. The van der Waals surface area contributed by atoms with Crippen LogP contribution in [0.4, 0.5) is 19.0 Å². The maximum Gasteiger partial charge on any atom is 0.417 e. The standard InChI is InChI=1S/C25H36F3N5O3S/c1-13-9-8-10-33(13)23(36)20(30-15(3)22(35)31-14(2)16(4)34)21(37)17-12-29-19(32-24(5,6)7)11-18(17)25(26,27)28/h11-14,16,20,34H,8-10H2,1-7H3,(H,29,32)(H,31,35)/t13-,14+,16+,20?/m0/s1. The Balaban J connectivity index is 2.56. The Kier molecular flexibility index (Phi) is 9.81. The summed E-state index contributed by atoms with van der Waals surface area (Å²) in [6.45, 7) is 12.0. The zero-order valence-electron chi connectivity index (χ0n) is 22.2. The molecule has 1 aliphatic heterocycles. The first-order valence-electron chi connectivity index (χ1n) is 12.2. The van der Waals surface area contributed by atoms with Crippen LogP contribution in [0, 0.1) is 0 Å². The van der Waals surface area contributed by atoms with Crippen molar-refractivity contribution < 1.29 is 27.9 Å². The number of thiocarbonyl (C=S) groups is 1. The highest BCUT2D eigenvalue weighted by atomic mass is 32.1. The van der Waals surface area contributed by atoms with Crippen LogP contribution in [0.15, 0.2) is 17.3 Å². The summed E-state index contributed by atoms with van der Waals surface area (Å²) in [4.78, 5) is 35.7. The maximum absolute atomic E-state index is 14.1. The molecule has 3 N–H and O–H groups in total. The van der Waals surface area contributed by atoms with Crippen LogP contribution in [-0.2, 0) is 15.8 Å². The molecule has 1 unspecified atom stereocenters. The van der Waals surface area contributed by atoms with E-state index in [9.17, 15) is 27.9 Å². The Labute approximate surface area is 221 Å². The fourth-order valence-electron chi connectivity index (χ4n) is 3.81. The summed E-state index contributed by atoms with van der Waals surface area (Å²) in [7, 11) is 0. The summed E-state index contributed by atoms with van der Waals surface area (Å²) in [5.74, 6) is -1.23. The van der Waals surface area contributed by atoms with Crippen LogP contribution in [-0.4, -0.2) is 73.7 Å². The number of aromatic nitrogens is 1. The van der Waals surface area contributed by atoms with Crippen molar-refractivity contribution in [3.8, 4) is 0 Å². The van der Waals surface area contributed by atoms with Crippen LogP contribution >= 0.6 is 12.2 Å². The summed E-state index contributed by atoms with van der Waals surface area (Å²) < 4.78 is 42.4. The minimum atomic E-state index is -4.78. The first-order chi connectivity index (χ1) is 16.9. The summed E-state index contributed by atoms with van der Waals surface area (Å²) in [5.41, 5.74) is -2.18. The number of nitrogens with zero attached hydrogens (tertiary/aromatic N) is 3. The number of carbonyl (C=O) groups is 2. The Morgan fingerprint density at radius 1 is 1.27 bits per heavy atom. The monoisotopic (exact) mass is 543 g/mol. The quantitative estimate of drug-likeness (QED) is 0.262. The van der Waals surface area contributed by atoms with Gasteiger partial charge in [0.15, 0.2) is 6.04 Å². The van der Waals surface area contributed by atoms with Gasteiger partial charge in [0.1, 0.15) is 5.82 Å². The molecule has 0 bridgehead atoms. The number of hydrogen-bond donors (Lipinski definition) is 3. The molecule has 0 saturated carbocycles. The SMILES string of the molecule is CC(=NC(C(=O)N1CCC[C@@H]1C)C(=S)c1cnc(NC(C)(C)C)cc1C(F)(F)F)C(=O)N[C@H](C)[C@@H](C)O. The minimum Gasteiger partial charge on any atom is -0.391 e. The Bertz CT molecular complexity index is 1050. The normalized spacial score (nSPS) is 19.3. The van der Waals surface area contributed by atoms with E-state index in [1.807, 2.05) is 6.92 Å². The van der Waals surface area contributed by atoms with E-state index >= 15 is 0 Å². The maximum atomic E-state index is 14.1. The molecular weight excluding hydrogens is 507 g/mol. The number of alkyl halides is 3. The number of amides is 2. The van der Waals surface area contributed by atoms with E-state index in [-0.39, 0.29) is 22.4 Å². The van der Waals surface area contributed by atoms with Crippen molar-refractivity contribution in [1.82, 2.24) is 15.2 Å². The lowest BCUT2D eigenvalue weighted by molar-refractivity contribution is -0.138. The van der Waals surface area contributed by atoms with E-state index in [4.69, 9.17) is 12.2 Å². The van der Waals surface area contributed by atoms with Gasteiger partial charge in [-0.25, -0.2) is 4.98 Å². The molecule has 1 saturated heterocycles. The molecule has 0 spiro atoms. The Morgan fingerprint density at radius 2 is 1.89 bits per heavy atom. The number of halogens is 3. The number of rotatable bonds is 8. The molecule has 1 aromatic rings. The number of aliphatic hydroxyl groups is 1. The van der Waals surface area contributed by atoms with Crippen LogP contribution in [0.1, 0.15) is 72.4 Å². The van der Waals surface area contributed by atoms with Gasteiger partial charge in [-0.15, -0.1) is 0 Å². The van der Waals surface area contributed by atoms with E-state index in [1.165, 1.54) is 18.7 Å². The number of anilines is 1. The second-order valence-electron chi connectivity index (χ2n) is 10.5. The number of aliphatic hydroxyl groups excluding tert-OH is 1. The van der Waals surface area contributed by atoms with Crippen LogP contribution in [0.3, 0.4) is 0 Å². The second kappa shape index (κ2) is 11.8. The lowest BCUT2D eigenvalue weighted by Crippen LogP contribution is -2.46. The lowest BCUT2D eigenvalue weighted by atomic mass is 10.00. The number of pyridine rings is 1. The summed E-state index contributed by atoms with van der Waals surface area (Å²) >= 11 is 5.45. The van der Waals surface area contributed by atoms with Crippen molar-refractivity contribution >= 4 is 40.4 Å². The first kappa shape index (κ1) is 30.6.